The highest BCUT2D eigenvalue weighted by Gasteiger charge is 2.21. The lowest BCUT2D eigenvalue weighted by Gasteiger charge is -2.28. The molecule has 1 aromatic carbocycles. The molecule has 0 aliphatic carbocycles. The van der Waals surface area contributed by atoms with Gasteiger partial charge in [-0.2, -0.15) is 0 Å². The van der Waals surface area contributed by atoms with Gasteiger partial charge in [0.05, 0.1) is 0 Å². The van der Waals surface area contributed by atoms with Crippen molar-refractivity contribution in [3.8, 4) is 0 Å². The number of benzene rings is 1. The Morgan fingerprint density at radius 3 is 2.47 bits per heavy atom. The summed E-state index contributed by atoms with van der Waals surface area (Å²) in [7, 11) is 5.62. The van der Waals surface area contributed by atoms with E-state index in [-0.39, 0.29) is 5.92 Å². The van der Waals surface area contributed by atoms with Gasteiger partial charge in [-0.25, -0.2) is 8.78 Å². The van der Waals surface area contributed by atoms with Crippen LogP contribution in [0, 0.1) is 18.7 Å². The lowest BCUT2D eigenvalue weighted by Crippen LogP contribution is -2.27. The van der Waals surface area contributed by atoms with Crippen molar-refractivity contribution in [3.63, 3.8) is 0 Å². The van der Waals surface area contributed by atoms with E-state index >= 15 is 0 Å². The van der Waals surface area contributed by atoms with Gasteiger partial charge >= 0.3 is 0 Å². The summed E-state index contributed by atoms with van der Waals surface area (Å²) in [6, 6.07) is 3.80. The summed E-state index contributed by atoms with van der Waals surface area (Å²) in [5, 5.41) is 0. The fourth-order valence-corrected chi connectivity index (χ4v) is 2.04. The fourth-order valence-electron chi connectivity index (χ4n) is 2.04. The van der Waals surface area contributed by atoms with Gasteiger partial charge in [0.15, 0.2) is 0 Å². The molecule has 0 amide bonds. The molecule has 15 heavy (non-hydrogen) atoms. The summed E-state index contributed by atoms with van der Waals surface area (Å²) in [6.07, 6.45) is 1.66. The Labute approximate surface area is 88.7 Å². The molecule has 0 aromatic heterocycles. The molecule has 1 nitrogen and oxygen atoms in total. The number of piperidine rings is 1. The maximum absolute atomic E-state index is 13.4. The van der Waals surface area contributed by atoms with Gasteiger partial charge in [-0.3, -0.25) is 4.90 Å². The molecule has 1 aromatic rings. The minimum absolute atomic E-state index is 0.172. The Kier molecular flexibility index (Phi) is 3.00. The third-order valence-corrected chi connectivity index (χ3v) is 2.93. The van der Waals surface area contributed by atoms with Crippen LogP contribution in [0.3, 0.4) is 0 Å². The molecular weight excluding hydrogens is 196 g/mol. The van der Waals surface area contributed by atoms with Gasteiger partial charge in [-0.15, -0.1) is 0 Å². The minimum atomic E-state index is -0.521. The maximum Gasteiger partial charge on any atom is 0.129 e. The second kappa shape index (κ2) is 4.27. The predicted molar refractivity (Wildman–Crippen MR) is 54.2 cm³/mol. The molecule has 2 rings (SSSR count). The van der Waals surface area contributed by atoms with Gasteiger partial charge in [-0.1, -0.05) is 6.07 Å². The molecule has 1 aliphatic rings. The van der Waals surface area contributed by atoms with E-state index in [0.29, 0.717) is 5.56 Å². The molecule has 0 N–H and O–H groups in total. The first kappa shape index (κ1) is 10.6. The summed E-state index contributed by atoms with van der Waals surface area (Å²) in [6.45, 7) is 1.53. The van der Waals surface area contributed by atoms with Crippen molar-refractivity contribution in [1.82, 2.24) is 4.90 Å². The van der Waals surface area contributed by atoms with Crippen LogP contribution in [0.4, 0.5) is 8.78 Å². The molecule has 0 spiro atoms. The molecule has 0 bridgehead atoms. The lowest BCUT2D eigenvalue weighted by atomic mass is 9.89. The van der Waals surface area contributed by atoms with E-state index < -0.39 is 11.6 Å². The second-order valence-electron chi connectivity index (χ2n) is 3.98. The van der Waals surface area contributed by atoms with Crippen molar-refractivity contribution >= 4 is 0 Å². The van der Waals surface area contributed by atoms with Crippen LogP contribution in [0.15, 0.2) is 18.2 Å². The molecule has 1 fully saturated rings. The Morgan fingerprint density at radius 2 is 1.87 bits per heavy atom. The third-order valence-electron chi connectivity index (χ3n) is 2.93. The fraction of sp³-hybridized carbons (Fsp3) is 0.417. The molecule has 1 saturated heterocycles. The number of hydrogen-bond donors (Lipinski definition) is 0. The highest BCUT2D eigenvalue weighted by Crippen LogP contribution is 2.29. The quantitative estimate of drug-likeness (QED) is 0.687. The molecule has 80 valence electrons. The monoisotopic (exact) mass is 209 g/mol. The Hall–Kier alpha value is -0.960. The van der Waals surface area contributed by atoms with E-state index in [1.165, 1.54) is 6.07 Å². The van der Waals surface area contributed by atoms with Crippen molar-refractivity contribution < 1.29 is 8.78 Å². The van der Waals surface area contributed by atoms with Crippen LogP contribution in [0.1, 0.15) is 24.3 Å². The Morgan fingerprint density at radius 1 is 1.20 bits per heavy atom. The smallest absolute Gasteiger partial charge is 0.129 e. The van der Waals surface area contributed by atoms with Crippen LogP contribution < -0.4 is 0 Å². The average molecular weight is 209 g/mol. The van der Waals surface area contributed by atoms with Crippen molar-refractivity contribution in [2.24, 2.45) is 0 Å². The molecule has 1 aliphatic heterocycles. The largest absolute Gasteiger partial charge is 0.297 e. The summed E-state index contributed by atoms with van der Waals surface area (Å²) < 4.78 is 26.2. The molecule has 3 heteroatoms. The van der Waals surface area contributed by atoms with Gasteiger partial charge in [0.25, 0.3) is 0 Å². The average Bonchev–Trinajstić information content (AvgIpc) is 2.20. The van der Waals surface area contributed by atoms with Crippen molar-refractivity contribution in [2.75, 3.05) is 13.1 Å². The number of nitrogens with zero attached hydrogens (tertiary/aromatic N) is 1. The van der Waals surface area contributed by atoms with Crippen LogP contribution in [0.2, 0.25) is 0 Å². The van der Waals surface area contributed by atoms with E-state index in [2.05, 4.69) is 0 Å². The first-order valence-electron chi connectivity index (χ1n) is 5.11. The van der Waals surface area contributed by atoms with Gasteiger partial charge in [0.1, 0.15) is 11.6 Å². The predicted octanol–water partition coefficient (Wildman–Crippen LogP) is 2.81. The van der Waals surface area contributed by atoms with Crippen molar-refractivity contribution in [1.29, 1.82) is 0 Å². The molecular formula is C12H13F2N. The number of rotatable bonds is 1. The van der Waals surface area contributed by atoms with E-state index in [4.69, 9.17) is 7.05 Å². The zero-order valence-corrected chi connectivity index (χ0v) is 8.42. The van der Waals surface area contributed by atoms with Gasteiger partial charge < -0.3 is 0 Å². The van der Waals surface area contributed by atoms with Crippen LogP contribution in [0.5, 0.6) is 0 Å². The summed E-state index contributed by atoms with van der Waals surface area (Å²) in [5.74, 6) is -0.789. The second-order valence-corrected chi connectivity index (χ2v) is 3.98. The van der Waals surface area contributed by atoms with Crippen LogP contribution in [0.25, 0.3) is 0 Å². The minimum Gasteiger partial charge on any atom is -0.297 e. The first-order chi connectivity index (χ1) is 7.16. The molecule has 0 atom stereocenters. The number of likely N-dealkylation sites (tertiary alicyclic amines) is 1. The molecule has 0 saturated carbocycles. The SMILES string of the molecule is [CH]N1CCC(c2ccc(F)cc2F)CC1. The van der Waals surface area contributed by atoms with Gasteiger partial charge in [0.2, 0.25) is 0 Å². The lowest BCUT2D eigenvalue weighted by molar-refractivity contribution is 0.277. The Balaban J connectivity index is 2.15. The normalized spacial score (nSPS) is 19.4. The highest BCUT2D eigenvalue weighted by atomic mass is 19.1. The maximum atomic E-state index is 13.4. The van der Waals surface area contributed by atoms with Crippen molar-refractivity contribution in [2.45, 2.75) is 18.8 Å². The van der Waals surface area contributed by atoms with Gasteiger partial charge in [0, 0.05) is 13.1 Å². The summed E-state index contributed by atoms with van der Waals surface area (Å²) in [4.78, 5) is 1.73. The van der Waals surface area contributed by atoms with E-state index in [1.807, 2.05) is 0 Å². The van der Waals surface area contributed by atoms with Crippen LogP contribution in [-0.2, 0) is 0 Å². The van der Waals surface area contributed by atoms with E-state index in [0.717, 1.165) is 32.0 Å². The highest BCUT2D eigenvalue weighted by molar-refractivity contribution is 5.23. The van der Waals surface area contributed by atoms with Crippen molar-refractivity contribution in [3.05, 3.63) is 42.4 Å². The summed E-state index contributed by atoms with van der Waals surface area (Å²) in [5.41, 5.74) is 0.615. The standard InChI is InChI=1S/C12H13F2N/c1-15-6-4-9(5-7-15)11-3-2-10(13)8-12(11)14/h1-3,8-9H,4-7H2. The van der Waals surface area contributed by atoms with Gasteiger partial charge in [-0.05, 0) is 43.5 Å². The molecule has 1 heterocycles. The summed E-state index contributed by atoms with van der Waals surface area (Å²) >= 11 is 0. The zero-order chi connectivity index (χ0) is 10.8. The topological polar surface area (TPSA) is 3.24 Å². The molecule has 0 unspecified atom stereocenters. The van der Waals surface area contributed by atoms with Crippen LogP contribution in [-0.4, -0.2) is 18.0 Å². The number of hydrogen-bond acceptors (Lipinski definition) is 1. The first-order valence-corrected chi connectivity index (χ1v) is 5.11. The van der Waals surface area contributed by atoms with E-state index in [9.17, 15) is 8.78 Å². The van der Waals surface area contributed by atoms with E-state index in [1.54, 1.807) is 11.0 Å². The number of halogens is 2. The van der Waals surface area contributed by atoms with Crippen LogP contribution >= 0.6 is 0 Å². The zero-order valence-electron chi connectivity index (χ0n) is 8.42. The third kappa shape index (κ3) is 2.34. The molecule has 2 radical (unpaired) electrons. The Bertz CT molecular complexity index is 343.